The van der Waals surface area contributed by atoms with Gasteiger partial charge in [0.2, 0.25) is 5.76 Å². The summed E-state index contributed by atoms with van der Waals surface area (Å²) in [5.41, 5.74) is 1.19. The van der Waals surface area contributed by atoms with Gasteiger partial charge in [0.25, 0.3) is 0 Å². The van der Waals surface area contributed by atoms with Crippen LogP contribution in [0.3, 0.4) is 0 Å². The van der Waals surface area contributed by atoms with Gasteiger partial charge in [-0.2, -0.15) is 0 Å². The topological polar surface area (TPSA) is 76.2 Å². The van der Waals surface area contributed by atoms with Crippen LogP contribution in [-0.4, -0.2) is 21.2 Å². The SMILES string of the molecule is Cl.O=C(O)c1cc(-c2cccnc2)no1. The van der Waals surface area contributed by atoms with E-state index in [0.29, 0.717) is 5.69 Å². The maximum absolute atomic E-state index is 10.5. The molecule has 1 N–H and O–H groups in total. The second-order valence-corrected chi connectivity index (χ2v) is 2.62. The standard InChI is InChI=1S/C9H6N2O3.ClH/c12-9(13)8-4-7(11-14-8)6-2-1-3-10-5-6;/h1-5H,(H,12,13);1H. The summed E-state index contributed by atoms with van der Waals surface area (Å²) in [7, 11) is 0. The summed E-state index contributed by atoms with van der Waals surface area (Å²) in [5, 5.41) is 12.2. The van der Waals surface area contributed by atoms with Gasteiger partial charge in [0, 0.05) is 24.0 Å². The first-order valence-electron chi connectivity index (χ1n) is 3.88. The number of carboxylic acids is 1. The zero-order chi connectivity index (χ0) is 9.97. The number of nitrogens with zero attached hydrogens (tertiary/aromatic N) is 2. The van der Waals surface area contributed by atoms with Crippen molar-refractivity contribution in [2.45, 2.75) is 0 Å². The molecule has 6 heteroatoms. The predicted octanol–water partition coefficient (Wildman–Crippen LogP) is 1.86. The van der Waals surface area contributed by atoms with Gasteiger partial charge in [-0.1, -0.05) is 5.16 Å². The molecule has 0 atom stereocenters. The van der Waals surface area contributed by atoms with E-state index in [0.717, 1.165) is 5.56 Å². The Kier molecular flexibility index (Phi) is 3.41. The van der Waals surface area contributed by atoms with E-state index in [1.54, 1.807) is 24.5 Å². The van der Waals surface area contributed by atoms with Gasteiger partial charge in [0.1, 0.15) is 5.69 Å². The van der Waals surface area contributed by atoms with E-state index < -0.39 is 5.97 Å². The molecule has 0 saturated carbocycles. The molecular weight excluding hydrogens is 220 g/mol. The van der Waals surface area contributed by atoms with Crippen molar-refractivity contribution in [3.63, 3.8) is 0 Å². The highest BCUT2D eigenvalue weighted by Crippen LogP contribution is 2.17. The minimum absolute atomic E-state index is 0. The quantitative estimate of drug-likeness (QED) is 0.846. The maximum atomic E-state index is 10.5. The lowest BCUT2D eigenvalue weighted by atomic mass is 10.2. The lowest BCUT2D eigenvalue weighted by Crippen LogP contribution is -1.91. The smallest absolute Gasteiger partial charge is 0.374 e. The Balaban J connectivity index is 0.00000112. The molecular formula is C9H7ClN2O3. The number of carboxylic acid groups (broad SMARTS) is 1. The molecule has 2 aromatic heterocycles. The second-order valence-electron chi connectivity index (χ2n) is 2.62. The molecule has 0 aliphatic carbocycles. The van der Waals surface area contributed by atoms with Gasteiger partial charge in [0.15, 0.2) is 0 Å². The summed E-state index contributed by atoms with van der Waals surface area (Å²) in [5.74, 6) is -1.31. The van der Waals surface area contributed by atoms with Gasteiger partial charge in [0.05, 0.1) is 0 Å². The van der Waals surface area contributed by atoms with Crippen LogP contribution in [0, 0.1) is 0 Å². The fourth-order valence-corrected chi connectivity index (χ4v) is 1.03. The average Bonchev–Trinajstić information content (AvgIpc) is 2.68. The van der Waals surface area contributed by atoms with Crippen molar-refractivity contribution < 1.29 is 14.4 Å². The third-order valence-corrected chi connectivity index (χ3v) is 1.68. The van der Waals surface area contributed by atoms with Gasteiger partial charge < -0.3 is 9.63 Å². The van der Waals surface area contributed by atoms with Crippen LogP contribution in [0.2, 0.25) is 0 Å². The Bertz CT molecular complexity index is 455. The molecule has 0 fully saturated rings. The molecule has 0 amide bonds. The van der Waals surface area contributed by atoms with Gasteiger partial charge in [-0.25, -0.2) is 4.79 Å². The highest BCUT2D eigenvalue weighted by Gasteiger charge is 2.11. The molecule has 0 aliphatic heterocycles. The largest absolute Gasteiger partial charge is 0.475 e. The Labute approximate surface area is 91.1 Å². The molecule has 0 spiro atoms. The number of aromatic nitrogens is 2. The van der Waals surface area contributed by atoms with Gasteiger partial charge in [-0.3, -0.25) is 4.98 Å². The average molecular weight is 227 g/mol. The Morgan fingerprint density at radius 3 is 2.80 bits per heavy atom. The van der Waals surface area contributed by atoms with Crippen molar-refractivity contribution in [1.82, 2.24) is 10.1 Å². The summed E-state index contributed by atoms with van der Waals surface area (Å²) in [6.45, 7) is 0. The van der Waals surface area contributed by atoms with Crippen LogP contribution < -0.4 is 0 Å². The van der Waals surface area contributed by atoms with E-state index >= 15 is 0 Å². The van der Waals surface area contributed by atoms with Crippen LogP contribution in [0.1, 0.15) is 10.6 Å². The number of hydrogen-bond donors (Lipinski definition) is 1. The molecule has 2 aromatic rings. The Morgan fingerprint density at radius 1 is 1.47 bits per heavy atom. The van der Waals surface area contributed by atoms with E-state index in [1.807, 2.05) is 0 Å². The summed E-state index contributed by atoms with van der Waals surface area (Å²) in [6, 6.07) is 4.88. The third-order valence-electron chi connectivity index (χ3n) is 1.68. The predicted molar refractivity (Wildman–Crippen MR) is 53.9 cm³/mol. The molecule has 0 bridgehead atoms. The first kappa shape index (κ1) is 11.2. The fourth-order valence-electron chi connectivity index (χ4n) is 1.03. The number of hydrogen-bond acceptors (Lipinski definition) is 4. The Hall–Kier alpha value is -1.88. The molecule has 15 heavy (non-hydrogen) atoms. The van der Waals surface area contributed by atoms with Crippen molar-refractivity contribution in [3.8, 4) is 11.3 Å². The van der Waals surface area contributed by atoms with E-state index in [4.69, 9.17) is 5.11 Å². The lowest BCUT2D eigenvalue weighted by molar-refractivity contribution is 0.0652. The zero-order valence-corrected chi connectivity index (χ0v) is 8.27. The zero-order valence-electron chi connectivity index (χ0n) is 7.45. The summed E-state index contributed by atoms with van der Waals surface area (Å²) < 4.78 is 4.60. The molecule has 78 valence electrons. The minimum atomic E-state index is -1.13. The monoisotopic (exact) mass is 226 g/mol. The van der Waals surface area contributed by atoms with Crippen molar-refractivity contribution >= 4 is 18.4 Å². The first-order valence-corrected chi connectivity index (χ1v) is 3.88. The van der Waals surface area contributed by atoms with Crippen molar-refractivity contribution in [2.75, 3.05) is 0 Å². The molecule has 2 heterocycles. The lowest BCUT2D eigenvalue weighted by Gasteiger charge is -1.90. The number of pyridine rings is 1. The van der Waals surface area contributed by atoms with Crippen molar-refractivity contribution in [1.29, 1.82) is 0 Å². The molecule has 2 rings (SSSR count). The van der Waals surface area contributed by atoms with E-state index in [-0.39, 0.29) is 18.2 Å². The fraction of sp³-hybridized carbons (Fsp3) is 0. The second kappa shape index (κ2) is 4.56. The number of rotatable bonds is 2. The minimum Gasteiger partial charge on any atom is -0.475 e. The first-order chi connectivity index (χ1) is 6.77. The number of carbonyl (C=O) groups is 1. The molecule has 0 radical (unpaired) electrons. The number of aromatic carboxylic acids is 1. The number of halogens is 1. The van der Waals surface area contributed by atoms with Crippen molar-refractivity contribution in [2.24, 2.45) is 0 Å². The maximum Gasteiger partial charge on any atom is 0.374 e. The van der Waals surface area contributed by atoms with Crippen LogP contribution in [0.4, 0.5) is 0 Å². The summed E-state index contributed by atoms with van der Waals surface area (Å²) >= 11 is 0. The van der Waals surface area contributed by atoms with Gasteiger partial charge >= 0.3 is 5.97 Å². The van der Waals surface area contributed by atoms with E-state index in [1.165, 1.54) is 6.07 Å². The van der Waals surface area contributed by atoms with Crippen molar-refractivity contribution in [3.05, 3.63) is 36.4 Å². The van der Waals surface area contributed by atoms with Crippen LogP contribution in [0.15, 0.2) is 35.1 Å². The van der Waals surface area contributed by atoms with Crippen LogP contribution in [0.25, 0.3) is 11.3 Å². The van der Waals surface area contributed by atoms with E-state index in [9.17, 15) is 4.79 Å². The highest BCUT2D eigenvalue weighted by atomic mass is 35.5. The normalized spacial score (nSPS) is 9.33. The molecule has 0 unspecified atom stereocenters. The summed E-state index contributed by atoms with van der Waals surface area (Å²) in [6.07, 6.45) is 3.21. The molecule has 0 aromatic carbocycles. The van der Waals surface area contributed by atoms with E-state index in [2.05, 4.69) is 14.7 Å². The van der Waals surface area contributed by atoms with Gasteiger partial charge in [-0.15, -0.1) is 12.4 Å². The molecule has 5 nitrogen and oxygen atoms in total. The Morgan fingerprint density at radius 2 is 2.27 bits per heavy atom. The molecule has 0 saturated heterocycles. The van der Waals surface area contributed by atoms with Crippen LogP contribution >= 0.6 is 12.4 Å². The third kappa shape index (κ3) is 2.32. The summed E-state index contributed by atoms with van der Waals surface area (Å²) in [4.78, 5) is 14.4. The van der Waals surface area contributed by atoms with Crippen LogP contribution in [0.5, 0.6) is 0 Å². The molecule has 0 aliphatic rings. The van der Waals surface area contributed by atoms with Crippen LogP contribution in [-0.2, 0) is 0 Å². The highest BCUT2D eigenvalue weighted by molar-refractivity contribution is 5.85. The van der Waals surface area contributed by atoms with Gasteiger partial charge in [-0.05, 0) is 12.1 Å².